The van der Waals surface area contributed by atoms with E-state index in [1.54, 1.807) is 0 Å². The predicted octanol–water partition coefficient (Wildman–Crippen LogP) is 10.2. The van der Waals surface area contributed by atoms with Crippen molar-refractivity contribution in [3.8, 4) is 0 Å². The highest BCUT2D eigenvalue weighted by Crippen LogP contribution is 2.44. The van der Waals surface area contributed by atoms with Crippen molar-refractivity contribution in [2.24, 2.45) is 0 Å². The van der Waals surface area contributed by atoms with Crippen LogP contribution in [0.4, 0.5) is 0 Å². The molecule has 0 aliphatic rings. The Labute approximate surface area is 261 Å². The van der Waals surface area contributed by atoms with Crippen LogP contribution in [0.3, 0.4) is 0 Å². The van der Waals surface area contributed by atoms with E-state index in [1.807, 2.05) is 7.05 Å². The van der Waals surface area contributed by atoms with Crippen molar-refractivity contribution in [3.63, 3.8) is 0 Å². The van der Waals surface area contributed by atoms with E-state index in [9.17, 15) is 0 Å². The number of quaternary nitrogens is 1. The molecule has 4 heteroatoms. The Morgan fingerprint density at radius 1 is 0.564 bits per heavy atom. The van der Waals surface area contributed by atoms with Crippen molar-refractivity contribution in [2.75, 3.05) is 7.05 Å². The van der Waals surface area contributed by atoms with Crippen molar-refractivity contribution in [2.45, 2.75) is 180 Å². The maximum absolute atomic E-state index is 6.86. The zero-order valence-corrected chi connectivity index (χ0v) is 28.6. The van der Waals surface area contributed by atoms with Gasteiger partial charge in [-0.3, -0.25) is 0 Å². The molecule has 0 amide bonds. The fraction of sp³-hybridized carbons (Fsp3) is 0.829. The molecule has 0 fully saturated rings. The number of aryl methyl sites for hydroxylation is 1. The van der Waals surface area contributed by atoms with Crippen molar-refractivity contribution in [1.82, 2.24) is 0 Å². The van der Waals surface area contributed by atoms with E-state index >= 15 is 0 Å². The van der Waals surface area contributed by atoms with Gasteiger partial charge in [-0.25, -0.2) is 0 Å². The van der Waals surface area contributed by atoms with Crippen molar-refractivity contribution < 1.29 is 15.9 Å². The first-order chi connectivity index (χ1) is 18.4. The average molecular weight is 605 g/mol. The topological polar surface area (TPSA) is 0 Å². The van der Waals surface area contributed by atoms with Gasteiger partial charge in [-0.2, -0.15) is 0 Å². The van der Waals surface area contributed by atoms with Gasteiger partial charge in [0.25, 0.3) is 0 Å². The minimum absolute atomic E-state index is 0. The lowest BCUT2D eigenvalue weighted by Gasteiger charge is -2.38. The van der Waals surface area contributed by atoms with Gasteiger partial charge in [0.1, 0.15) is 7.05 Å². The average Bonchev–Trinajstić information content (AvgIpc) is 2.90. The van der Waals surface area contributed by atoms with E-state index in [-0.39, 0.29) is 21.5 Å². The summed E-state index contributed by atoms with van der Waals surface area (Å²) in [5, 5.41) is 0. The normalized spacial score (nSPS) is 13.3. The van der Waals surface area contributed by atoms with Crippen LogP contribution < -0.4 is 12.4 Å². The van der Waals surface area contributed by atoms with Crippen LogP contribution in [0.25, 0.3) is 0 Å². The summed E-state index contributed by atoms with van der Waals surface area (Å²) in [6.45, 7) is 6.86. The second-order valence-corrected chi connectivity index (χ2v) is 13.8. The lowest BCUT2D eigenvalue weighted by atomic mass is 9.82. The maximum atomic E-state index is 6.86. The summed E-state index contributed by atoms with van der Waals surface area (Å²) in [4.78, 5) is 0. The van der Waals surface area contributed by atoms with Crippen LogP contribution in [0.1, 0.15) is 180 Å². The van der Waals surface area contributed by atoms with Crippen LogP contribution in [0.15, 0.2) is 24.3 Å². The highest BCUT2D eigenvalue weighted by Gasteiger charge is 2.46. The Bertz CT molecular complexity index is 672. The summed E-state index contributed by atoms with van der Waals surface area (Å²) >= 11 is 13.7. The summed E-state index contributed by atoms with van der Waals surface area (Å²) in [7, 11) is 1.95. The van der Waals surface area contributed by atoms with Gasteiger partial charge in [-0.1, -0.05) is 167 Å². The number of halogens is 3. The molecule has 0 aliphatic heterocycles. The number of benzene rings is 1. The van der Waals surface area contributed by atoms with Crippen molar-refractivity contribution in [1.29, 1.82) is 0 Å². The molecule has 0 radical (unpaired) electrons. The smallest absolute Gasteiger partial charge is 0.187 e. The Kier molecular flexibility index (Phi) is 24.7. The Morgan fingerprint density at radius 3 is 1.33 bits per heavy atom. The van der Waals surface area contributed by atoms with E-state index in [2.05, 4.69) is 45.0 Å². The summed E-state index contributed by atoms with van der Waals surface area (Å²) in [6.07, 6.45) is 32.4. The SMILES string of the molecule is CCCCCCCCCCCCCCC(C)(c1ccccc1CCCCCCCCCCCC)[N+](C)(Cl)Cl.[Cl-]. The fourth-order valence-electron chi connectivity index (χ4n) is 5.92. The Balaban J connectivity index is 0.0000144. The van der Waals surface area contributed by atoms with Gasteiger partial charge < -0.3 is 12.4 Å². The fourth-order valence-corrected chi connectivity index (χ4v) is 6.27. The monoisotopic (exact) mass is 603 g/mol. The van der Waals surface area contributed by atoms with Gasteiger partial charge in [0.2, 0.25) is 0 Å². The zero-order chi connectivity index (χ0) is 28.0. The van der Waals surface area contributed by atoms with Crippen LogP contribution >= 0.6 is 23.6 Å². The standard InChI is InChI=1S/C35H64Cl2N.ClH/c1-5-7-9-11-13-15-17-18-20-22-24-28-32-35(3,38(4,36)37)34-31-27-26-30-33(34)29-25-23-21-19-16-14-12-10-8-6-2;/h26-27,30-31H,5-25,28-29,32H2,1-4H3;1H/q+1;/p-1. The molecule has 0 aromatic heterocycles. The molecule has 0 saturated heterocycles. The Morgan fingerprint density at radius 2 is 0.923 bits per heavy atom. The first-order valence-corrected chi connectivity index (χ1v) is 17.4. The number of hydrogen-bond donors (Lipinski definition) is 0. The van der Waals surface area contributed by atoms with Gasteiger partial charge in [0.15, 0.2) is 29.1 Å². The molecule has 0 N–H and O–H groups in total. The zero-order valence-electron chi connectivity index (χ0n) is 26.4. The third kappa shape index (κ3) is 17.6. The molecule has 1 aromatic rings. The summed E-state index contributed by atoms with van der Waals surface area (Å²) in [5.74, 6) is 0. The molecule has 0 saturated carbocycles. The molecule has 0 aliphatic carbocycles. The number of unbranched alkanes of at least 4 members (excludes halogenated alkanes) is 20. The summed E-state index contributed by atoms with van der Waals surface area (Å²) in [6, 6.07) is 8.95. The third-order valence-corrected chi connectivity index (χ3v) is 9.53. The molecule has 1 aromatic carbocycles. The third-order valence-electron chi connectivity index (χ3n) is 8.78. The minimum atomic E-state index is -0.281. The van der Waals surface area contributed by atoms with Crippen LogP contribution in [0.5, 0.6) is 0 Å². The molecule has 39 heavy (non-hydrogen) atoms. The van der Waals surface area contributed by atoms with E-state index in [1.165, 1.54) is 152 Å². The van der Waals surface area contributed by atoms with Gasteiger partial charge in [0.05, 0.1) is 0 Å². The lowest BCUT2D eigenvalue weighted by Crippen LogP contribution is -3.00. The number of hydrogen-bond acceptors (Lipinski definition) is 0. The predicted molar refractivity (Wildman–Crippen MR) is 173 cm³/mol. The second-order valence-electron chi connectivity index (χ2n) is 12.3. The van der Waals surface area contributed by atoms with E-state index < -0.39 is 0 Å². The first kappa shape index (κ1) is 39.0. The highest BCUT2D eigenvalue weighted by atomic mass is 35.5. The van der Waals surface area contributed by atoms with Crippen LogP contribution in [-0.2, 0) is 12.0 Å². The van der Waals surface area contributed by atoms with Crippen molar-refractivity contribution >= 4 is 23.6 Å². The van der Waals surface area contributed by atoms with Gasteiger partial charge in [-0.15, -0.1) is 3.52 Å². The van der Waals surface area contributed by atoms with Crippen LogP contribution in [0.2, 0.25) is 0 Å². The molecule has 1 atom stereocenters. The lowest BCUT2D eigenvalue weighted by molar-refractivity contribution is -0.743. The van der Waals surface area contributed by atoms with Crippen LogP contribution in [0, 0.1) is 0 Å². The molecule has 230 valence electrons. The number of rotatable bonds is 26. The molecule has 0 bridgehead atoms. The molecule has 0 heterocycles. The van der Waals surface area contributed by atoms with E-state index in [0.29, 0.717) is 0 Å². The van der Waals surface area contributed by atoms with E-state index in [4.69, 9.17) is 23.6 Å². The van der Waals surface area contributed by atoms with Gasteiger partial charge >= 0.3 is 0 Å². The summed E-state index contributed by atoms with van der Waals surface area (Å²) < 4.78 is -0.0416. The van der Waals surface area contributed by atoms with Gasteiger partial charge in [0, 0.05) is 12.0 Å². The Hall–Kier alpha value is 0.0500. The molecule has 1 nitrogen and oxygen atoms in total. The second kappa shape index (κ2) is 24.6. The van der Waals surface area contributed by atoms with Gasteiger partial charge in [-0.05, 0) is 31.7 Å². The number of nitrogens with zero attached hydrogens (tertiary/aromatic N) is 1. The van der Waals surface area contributed by atoms with Crippen molar-refractivity contribution in [3.05, 3.63) is 35.4 Å². The molecule has 1 rings (SSSR count). The molecular weight excluding hydrogens is 541 g/mol. The first-order valence-electron chi connectivity index (χ1n) is 16.7. The molecule has 1 unspecified atom stereocenters. The largest absolute Gasteiger partial charge is 1.00 e. The van der Waals surface area contributed by atoms with E-state index in [0.717, 1.165) is 12.8 Å². The molecular formula is C35H64Cl3N. The highest BCUT2D eigenvalue weighted by molar-refractivity contribution is 6.23. The molecule has 0 spiro atoms. The quantitative estimate of drug-likeness (QED) is 0.0729. The minimum Gasteiger partial charge on any atom is -1.00 e. The maximum Gasteiger partial charge on any atom is 0.187 e. The van der Waals surface area contributed by atoms with Crippen LogP contribution in [-0.4, -0.2) is 10.6 Å². The summed E-state index contributed by atoms with van der Waals surface area (Å²) in [5.41, 5.74) is 2.52.